The van der Waals surface area contributed by atoms with Crippen LogP contribution in [0.2, 0.25) is 0 Å². The molecule has 2 atom stereocenters. The first-order valence-corrected chi connectivity index (χ1v) is 12.8. The summed E-state index contributed by atoms with van der Waals surface area (Å²) in [5.74, 6) is 0. The summed E-state index contributed by atoms with van der Waals surface area (Å²) < 4.78 is 14.9. The molecule has 0 unspecified atom stereocenters. The first-order chi connectivity index (χ1) is 19.1. The van der Waals surface area contributed by atoms with Crippen LogP contribution < -0.4 is 10.6 Å². The lowest BCUT2D eigenvalue weighted by Crippen LogP contribution is -2.20. The molecule has 0 aliphatic rings. The van der Waals surface area contributed by atoms with Crippen LogP contribution in [0.3, 0.4) is 0 Å². The summed E-state index contributed by atoms with van der Waals surface area (Å²) in [7, 11) is 0. The van der Waals surface area contributed by atoms with Crippen LogP contribution in [0.4, 0.5) is 15.8 Å². The van der Waals surface area contributed by atoms with Gasteiger partial charge < -0.3 is 10.6 Å². The Morgan fingerprint density at radius 1 is 1.07 bits per heavy atom. The van der Waals surface area contributed by atoms with Gasteiger partial charge in [0.2, 0.25) is 0 Å². The van der Waals surface area contributed by atoms with Gasteiger partial charge in [0, 0.05) is 18.1 Å². The zero-order valence-corrected chi connectivity index (χ0v) is 23.1. The van der Waals surface area contributed by atoms with E-state index in [9.17, 15) is 20.2 Å². The van der Waals surface area contributed by atoms with Crippen LogP contribution in [-0.4, -0.2) is 33.2 Å². The minimum Gasteiger partial charge on any atom is -0.383 e. The van der Waals surface area contributed by atoms with E-state index in [1.807, 2.05) is 13.0 Å². The molecule has 10 heteroatoms. The highest BCUT2D eigenvalue weighted by atomic mass is 19.1. The molecule has 4 rings (SSSR count). The number of anilines is 2. The summed E-state index contributed by atoms with van der Waals surface area (Å²) in [5.41, 5.74) is 4.92. The molecule has 0 amide bonds. The van der Waals surface area contributed by atoms with E-state index < -0.39 is 18.8 Å². The molecule has 0 aliphatic heterocycles. The smallest absolute Gasteiger partial charge is 0.112 e. The lowest BCUT2D eigenvalue weighted by atomic mass is 9.94. The number of halogens is 1. The lowest BCUT2D eigenvalue weighted by Gasteiger charge is -2.23. The molecular weight excluding hydrogens is 505 g/mol. The van der Waals surface area contributed by atoms with Crippen molar-refractivity contribution in [3.8, 4) is 18.2 Å². The first-order valence-electron chi connectivity index (χ1n) is 12.8. The van der Waals surface area contributed by atoms with E-state index in [0.29, 0.717) is 51.2 Å². The van der Waals surface area contributed by atoms with Gasteiger partial charge in [0.1, 0.15) is 18.4 Å². The third kappa shape index (κ3) is 5.70. The molecule has 0 saturated carbocycles. The second kappa shape index (κ2) is 11.4. The van der Waals surface area contributed by atoms with Crippen LogP contribution in [0.1, 0.15) is 73.3 Å². The number of alkyl halides is 1. The SMILES string of the molecule is Cc1c(C#N)cccc1[C@H](Nc1cc(C#N)cc2c(NCC(C)(C)C)c(C#N)cnc12)c1cn([C@@H](C)CF)nn1. The van der Waals surface area contributed by atoms with Gasteiger partial charge in [-0.1, -0.05) is 38.1 Å². The molecule has 0 spiro atoms. The summed E-state index contributed by atoms with van der Waals surface area (Å²) in [6.07, 6.45) is 3.19. The predicted molar refractivity (Wildman–Crippen MR) is 151 cm³/mol. The quantitative estimate of drug-likeness (QED) is 0.283. The second-order valence-corrected chi connectivity index (χ2v) is 10.9. The molecule has 202 valence electrons. The third-order valence-corrected chi connectivity index (χ3v) is 6.62. The average Bonchev–Trinajstić information content (AvgIpc) is 3.43. The summed E-state index contributed by atoms with van der Waals surface area (Å²) in [6.45, 7) is 9.81. The standard InChI is InChI=1S/C30H30FN9/c1-18(11-31)40-16-26(38-39-40)29(23-8-6-7-21(13-33)19(23)2)37-25-10-20(12-32)9-24-27(36-17-30(3,4)5)22(14-34)15-35-28(24)25/h6-10,15-16,18,29,37H,11,17H2,1-5H3,(H,35,36)/t18-,29-/m0/s1. The Bertz CT molecular complexity index is 1680. The van der Waals surface area contributed by atoms with Gasteiger partial charge in [-0.3, -0.25) is 4.98 Å². The summed E-state index contributed by atoms with van der Waals surface area (Å²) in [4.78, 5) is 4.60. The number of nitrogens with one attached hydrogen (secondary N) is 2. The Hall–Kier alpha value is -5.01. The molecule has 0 aliphatic carbocycles. The van der Waals surface area contributed by atoms with E-state index in [4.69, 9.17) is 0 Å². The Morgan fingerprint density at radius 3 is 2.48 bits per heavy atom. The largest absolute Gasteiger partial charge is 0.383 e. The number of hydrogen-bond donors (Lipinski definition) is 2. The third-order valence-electron chi connectivity index (χ3n) is 6.62. The predicted octanol–water partition coefficient (Wildman–Crippen LogP) is 5.94. The maximum atomic E-state index is 13.4. The minimum atomic E-state index is -0.603. The zero-order chi connectivity index (χ0) is 29.0. The molecule has 2 aromatic heterocycles. The van der Waals surface area contributed by atoms with Crippen molar-refractivity contribution >= 4 is 22.3 Å². The highest BCUT2D eigenvalue weighted by Gasteiger charge is 2.24. The summed E-state index contributed by atoms with van der Waals surface area (Å²) >= 11 is 0. The van der Waals surface area contributed by atoms with Crippen molar-refractivity contribution in [1.29, 1.82) is 15.8 Å². The lowest BCUT2D eigenvalue weighted by molar-refractivity contribution is 0.351. The highest BCUT2D eigenvalue weighted by Crippen LogP contribution is 2.36. The molecule has 2 N–H and O–H groups in total. The van der Waals surface area contributed by atoms with E-state index >= 15 is 0 Å². The maximum Gasteiger partial charge on any atom is 0.112 e. The Kier molecular flexibility index (Phi) is 7.98. The fourth-order valence-electron chi connectivity index (χ4n) is 4.37. The Labute approximate surface area is 232 Å². The van der Waals surface area contributed by atoms with Crippen molar-refractivity contribution in [2.24, 2.45) is 5.41 Å². The average molecular weight is 536 g/mol. The molecule has 0 saturated heterocycles. The number of aromatic nitrogens is 4. The Morgan fingerprint density at radius 2 is 1.82 bits per heavy atom. The van der Waals surface area contributed by atoms with Crippen LogP contribution in [0.25, 0.3) is 10.9 Å². The number of fused-ring (bicyclic) bond motifs is 1. The molecule has 4 aromatic rings. The van der Waals surface area contributed by atoms with Gasteiger partial charge in [0.15, 0.2) is 0 Å². The fourth-order valence-corrected chi connectivity index (χ4v) is 4.37. The molecule has 0 fully saturated rings. The fraction of sp³-hybridized carbons (Fsp3) is 0.333. The van der Waals surface area contributed by atoms with E-state index in [2.05, 4.69) is 64.9 Å². The second-order valence-electron chi connectivity index (χ2n) is 10.9. The van der Waals surface area contributed by atoms with Gasteiger partial charge in [0.25, 0.3) is 0 Å². The number of pyridine rings is 1. The number of rotatable bonds is 8. The van der Waals surface area contributed by atoms with Gasteiger partial charge in [0.05, 0.1) is 64.0 Å². The number of nitrogens with zero attached hydrogens (tertiary/aromatic N) is 7. The molecule has 2 aromatic carbocycles. The topological polar surface area (TPSA) is 139 Å². The van der Waals surface area contributed by atoms with Gasteiger partial charge in [-0.05, 0) is 48.6 Å². The van der Waals surface area contributed by atoms with Crippen LogP contribution >= 0.6 is 0 Å². The highest BCUT2D eigenvalue weighted by molar-refractivity contribution is 6.01. The molecule has 9 nitrogen and oxygen atoms in total. The Balaban J connectivity index is 1.93. The normalized spacial score (nSPS) is 12.7. The maximum absolute atomic E-state index is 13.4. The molecule has 0 bridgehead atoms. The molecule has 2 heterocycles. The molecular formula is C30H30FN9. The van der Waals surface area contributed by atoms with Gasteiger partial charge in [-0.2, -0.15) is 15.8 Å². The number of benzene rings is 2. The van der Waals surface area contributed by atoms with Crippen LogP contribution in [0.5, 0.6) is 0 Å². The van der Waals surface area contributed by atoms with Crippen LogP contribution in [0.15, 0.2) is 42.7 Å². The number of nitriles is 3. The number of hydrogen-bond acceptors (Lipinski definition) is 8. The minimum absolute atomic E-state index is 0.0623. The summed E-state index contributed by atoms with van der Waals surface area (Å²) in [5, 5.41) is 45.3. The molecule has 0 radical (unpaired) electrons. The summed E-state index contributed by atoms with van der Waals surface area (Å²) in [6, 6.07) is 14.4. The van der Waals surface area contributed by atoms with Crippen molar-refractivity contribution in [2.45, 2.75) is 46.7 Å². The van der Waals surface area contributed by atoms with Crippen molar-refractivity contribution in [1.82, 2.24) is 20.0 Å². The molecule has 40 heavy (non-hydrogen) atoms. The van der Waals surface area contributed by atoms with Crippen molar-refractivity contribution in [3.05, 3.63) is 76.2 Å². The zero-order valence-electron chi connectivity index (χ0n) is 23.1. The van der Waals surface area contributed by atoms with Crippen molar-refractivity contribution in [2.75, 3.05) is 23.9 Å². The van der Waals surface area contributed by atoms with E-state index in [0.717, 1.165) is 11.1 Å². The monoisotopic (exact) mass is 535 g/mol. The van der Waals surface area contributed by atoms with Gasteiger partial charge in [-0.25, -0.2) is 9.07 Å². The first kappa shape index (κ1) is 28.0. The van der Waals surface area contributed by atoms with Gasteiger partial charge >= 0.3 is 0 Å². The van der Waals surface area contributed by atoms with E-state index in [1.165, 1.54) is 10.9 Å². The van der Waals surface area contributed by atoms with Crippen LogP contribution in [-0.2, 0) is 0 Å². The van der Waals surface area contributed by atoms with Gasteiger partial charge in [-0.15, -0.1) is 5.10 Å². The van der Waals surface area contributed by atoms with Crippen molar-refractivity contribution in [3.63, 3.8) is 0 Å². The van der Waals surface area contributed by atoms with Crippen LogP contribution in [0, 0.1) is 46.3 Å². The van der Waals surface area contributed by atoms with Crippen molar-refractivity contribution < 1.29 is 4.39 Å². The van der Waals surface area contributed by atoms with E-state index in [-0.39, 0.29) is 5.41 Å². The van der Waals surface area contributed by atoms with E-state index in [1.54, 1.807) is 37.4 Å².